The van der Waals surface area contributed by atoms with Crippen molar-refractivity contribution in [1.29, 1.82) is 0 Å². The zero-order chi connectivity index (χ0) is 16.4. The van der Waals surface area contributed by atoms with Gasteiger partial charge in [-0.1, -0.05) is 0 Å². The van der Waals surface area contributed by atoms with E-state index in [2.05, 4.69) is 37.3 Å². The molecule has 2 N–H and O–H groups in total. The van der Waals surface area contributed by atoms with Gasteiger partial charge in [0.2, 0.25) is 0 Å². The molecule has 0 saturated carbocycles. The van der Waals surface area contributed by atoms with Gasteiger partial charge in [-0.3, -0.25) is 10.1 Å². The standard InChI is InChI=1S/C15H21N7O/c1-10-9-21(6-7-22(10)13-8-16-4-5-17-13)15(23)18-14-11(2)19-20-12(14)3/h4-5,8,10H,6-7,9H2,1-3H3,(H,18,23)(H,19,20). The molecule has 0 bridgehead atoms. The molecular weight excluding hydrogens is 294 g/mol. The largest absolute Gasteiger partial charge is 0.349 e. The molecule has 1 atom stereocenters. The minimum Gasteiger partial charge on any atom is -0.349 e. The summed E-state index contributed by atoms with van der Waals surface area (Å²) in [6.07, 6.45) is 5.10. The summed E-state index contributed by atoms with van der Waals surface area (Å²) in [4.78, 5) is 24.9. The monoisotopic (exact) mass is 315 g/mol. The Morgan fingerprint density at radius 3 is 2.78 bits per heavy atom. The van der Waals surface area contributed by atoms with E-state index in [9.17, 15) is 4.79 Å². The maximum atomic E-state index is 12.5. The van der Waals surface area contributed by atoms with Gasteiger partial charge in [0.05, 0.1) is 23.3 Å². The number of rotatable bonds is 2. The lowest BCUT2D eigenvalue weighted by atomic mass is 10.2. The van der Waals surface area contributed by atoms with Gasteiger partial charge >= 0.3 is 6.03 Å². The van der Waals surface area contributed by atoms with Crippen LogP contribution in [-0.2, 0) is 0 Å². The molecule has 1 fully saturated rings. The lowest BCUT2D eigenvalue weighted by Crippen LogP contribution is -2.55. The number of anilines is 2. The van der Waals surface area contributed by atoms with E-state index in [1.807, 2.05) is 18.7 Å². The first-order valence-corrected chi connectivity index (χ1v) is 7.66. The van der Waals surface area contributed by atoms with E-state index >= 15 is 0 Å². The second kappa shape index (κ2) is 6.23. The number of aryl methyl sites for hydroxylation is 2. The highest BCUT2D eigenvalue weighted by molar-refractivity contribution is 5.90. The summed E-state index contributed by atoms with van der Waals surface area (Å²) in [6, 6.07) is 0.0842. The van der Waals surface area contributed by atoms with Crippen LogP contribution in [0.3, 0.4) is 0 Å². The Balaban J connectivity index is 1.64. The number of carbonyl (C=O) groups excluding carboxylic acids is 1. The quantitative estimate of drug-likeness (QED) is 0.878. The average Bonchev–Trinajstić information content (AvgIpc) is 2.87. The minimum absolute atomic E-state index is 0.0942. The molecular formula is C15H21N7O. The third kappa shape index (κ3) is 3.10. The van der Waals surface area contributed by atoms with Gasteiger partial charge in [0.25, 0.3) is 0 Å². The Hall–Kier alpha value is -2.64. The van der Waals surface area contributed by atoms with E-state index in [0.717, 1.165) is 29.4 Å². The fourth-order valence-corrected chi connectivity index (χ4v) is 2.84. The average molecular weight is 315 g/mol. The lowest BCUT2D eigenvalue weighted by molar-refractivity contribution is 0.200. The molecule has 1 aliphatic rings. The first-order valence-electron chi connectivity index (χ1n) is 7.66. The first kappa shape index (κ1) is 15.3. The second-order valence-corrected chi connectivity index (χ2v) is 5.79. The summed E-state index contributed by atoms with van der Waals surface area (Å²) in [5, 5.41) is 9.93. The number of aromatic amines is 1. The number of amides is 2. The molecule has 122 valence electrons. The van der Waals surface area contributed by atoms with Crippen LogP contribution in [0.4, 0.5) is 16.3 Å². The molecule has 2 aromatic rings. The molecule has 1 saturated heterocycles. The Kier molecular flexibility index (Phi) is 4.14. The van der Waals surface area contributed by atoms with Crippen LogP contribution in [0.5, 0.6) is 0 Å². The van der Waals surface area contributed by atoms with E-state index < -0.39 is 0 Å². The number of urea groups is 1. The fraction of sp³-hybridized carbons (Fsp3) is 0.467. The maximum Gasteiger partial charge on any atom is 0.322 e. The van der Waals surface area contributed by atoms with Crippen molar-refractivity contribution in [3.8, 4) is 0 Å². The normalized spacial score (nSPS) is 18.1. The zero-order valence-electron chi connectivity index (χ0n) is 13.6. The SMILES string of the molecule is Cc1n[nH]c(C)c1NC(=O)N1CCN(c2cnccn2)C(C)C1. The summed E-state index contributed by atoms with van der Waals surface area (Å²) < 4.78 is 0. The maximum absolute atomic E-state index is 12.5. The Labute approximate surface area is 134 Å². The predicted molar refractivity (Wildman–Crippen MR) is 87.5 cm³/mol. The van der Waals surface area contributed by atoms with Crippen LogP contribution in [0.15, 0.2) is 18.6 Å². The van der Waals surface area contributed by atoms with Gasteiger partial charge in [0, 0.05) is 38.1 Å². The van der Waals surface area contributed by atoms with Gasteiger partial charge in [0.15, 0.2) is 0 Å². The van der Waals surface area contributed by atoms with E-state index in [4.69, 9.17) is 0 Å². The highest BCUT2D eigenvalue weighted by Crippen LogP contribution is 2.20. The minimum atomic E-state index is -0.0942. The lowest BCUT2D eigenvalue weighted by Gasteiger charge is -2.40. The summed E-state index contributed by atoms with van der Waals surface area (Å²) in [7, 11) is 0. The van der Waals surface area contributed by atoms with Crippen molar-refractivity contribution in [2.24, 2.45) is 0 Å². The molecule has 3 rings (SSSR count). The third-order valence-corrected chi connectivity index (χ3v) is 4.12. The summed E-state index contributed by atoms with van der Waals surface area (Å²) in [5.41, 5.74) is 2.42. The fourth-order valence-electron chi connectivity index (χ4n) is 2.84. The van der Waals surface area contributed by atoms with Gasteiger partial charge in [-0.05, 0) is 20.8 Å². The van der Waals surface area contributed by atoms with Crippen molar-refractivity contribution >= 4 is 17.5 Å². The molecule has 23 heavy (non-hydrogen) atoms. The van der Waals surface area contributed by atoms with Gasteiger partial charge in [-0.15, -0.1) is 0 Å². The van der Waals surface area contributed by atoms with Crippen molar-refractivity contribution in [3.05, 3.63) is 30.0 Å². The van der Waals surface area contributed by atoms with E-state index in [0.29, 0.717) is 13.1 Å². The van der Waals surface area contributed by atoms with Crippen LogP contribution in [0.25, 0.3) is 0 Å². The highest BCUT2D eigenvalue weighted by atomic mass is 16.2. The van der Waals surface area contributed by atoms with Crippen LogP contribution in [0.1, 0.15) is 18.3 Å². The van der Waals surface area contributed by atoms with Crippen LogP contribution >= 0.6 is 0 Å². The summed E-state index contributed by atoms with van der Waals surface area (Å²) in [6.45, 7) is 7.86. The van der Waals surface area contributed by atoms with Gasteiger partial charge in [-0.25, -0.2) is 9.78 Å². The summed E-state index contributed by atoms with van der Waals surface area (Å²) in [5.74, 6) is 0.849. The molecule has 0 aromatic carbocycles. The number of aromatic nitrogens is 4. The molecule has 1 unspecified atom stereocenters. The number of piperazine rings is 1. The number of carbonyl (C=O) groups is 1. The van der Waals surface area contributed by atoms with Crippen molar-refractivity contribution in [1.82, 2.24) is 25.1 Å². The molecule has 8 heteroatoms. The number of nitrogens with one attached hydrogen (secondary N) is 2. The molecule has 0 spiro atoms. The predicted octanol–water partition coefficient (Wildman–Crippen LogP) is 1.56. The number of H-pyrrole nitrogens is 1. The smallest absolute Gasteiger partial charge is 0.322 e. The molecule has 0 aliphatic carbocycles. The van der Waals surface area contributed by atoms with Gasteiger partial charge in [0.1, 0.15) is 5.82 Å². The van der Waals surface area contributed by atoms with Crippen molar-refractivity contribution in [2.75, 3.05) is 29.9 Å². The topological polar surface area (TPSA) is 90.0 Å². The molecule has 8 nitrogen and oxygen atoms in total. The van der Waals surface area contributed by atoms with Crippen molar-refractivity contribution in [2.45, 2.75) is 26.8 Å². The van der Waals surface area contributed by atoms with Crippen LogP contribution in [0.2, 0.25) is 0 Å². The highest BCUT2D eigenvalue weighted by Gasteiger charge is 2.28. The zero-order valence-corrected chi connectivity index (χ0v) is 13.6. The Bertz CT molecular complexity index is 665. The third-order valence-electron chi connectivity index (χ3n) is 4.12. The number of nitrogens with zero attached hydrogens (tertiary/aromatic N) is 5. The van der Waals surface area contributed by atoms with Crippen molar-refractivity contribution in [3.63, 3.8) is 0 Å². The molecule has 1 aliphatic heterocycles. The van der Waals surface area contributed by atoms with Crippen LogP contribution < -0.4 is 10.2 Å². The number of hydrogen-bond acceptors (Lipinski definition) is 5. The van der Waals surface area contributed by atoms with E-state index in [1.165, 1.54) is 0 Å². The Morgan fingerprint density at radius 2 is 2.17 bits per heavy atom. The first-order chi connectivity index (χ1) is 11.1. The Morgan fingerprint density at radius 1 is 1.35 bits per heavy atom. The molecule has 3 heterocycles. The van der Waals surface area contributed by atoms with Gasteiger partial charge in [-0.2, -0.15) is 5.10 Å². The molecule has 2 amide bonds. The van der Waals surface area contributed by atoms with Crippen LogP contribution in [0, 0.1) is 13.8 Å². The molecule has 0 radical (unpaired) electrons. The summed E-state index contributed by atoms with van der Waals surface area (Å²) >= 11 is 0. The number of hydrogen-bond donors (Lipinski definition) is 2. The molecule has 2 aromatic heterocycles. The van der Waals surface area contributed by atoms with Crippen LogP contribution in [-0.4, -0.2) is 56.8 Å². The van der Waals surface area contributed by atoms with E-state index in [1.54, 1.807) is 18.6 Å². The second-order valence-electron chi connectivity index (χ2n) is 5.79. The van der Waals surface area contributed by atoms with Crippen molar-refractivity contribution < 1.29 is 4.79 Å². The van der Waals surface area contributed by atoms with E-state index in [-0.39, 0.29) is 12.1 Å². The van der Waals surface area contributed by atoms with Gasteiger partial charge < -0.3 is 15.1 Å².